The predicted molar refractivity (Wildman–Crippen MR) is 70.3 cm³/mol. The fraction of sp³-hybridized carbons (Fsp3) is 0.636. The first-order valence-corrected chi connectivity index (χ1v) is 7.47. The molecule has 0 bridgehead atoms. The number of amides is 2. The first kappa shape index (κ1) is 15.6. The van der Waals surface area contributed by atoms with Gasteiger partial charge in [-0.1, -0.05) is 6.58 Å². The van der Waals surface area contributed by atoms with Crippen LogP contribution in [0.25, 0.3) is 0 Å². The molecular formula is C11H19N3O4S. The summed E-state index contributed by atoms with van der Waals surface area (Å²) in [6, 6.07) is -0.561. The van der Waals surface area contributed by atoms with Gasteiger partial charge in [0.05, 0.1) is 0 Å². The van der Waals surface area contributed by atoms with Crippen LogP contribution in [0.5, 0.6) is 0 Å². The van der Waals surface area contributed by atoms with E-state index in [2.05, 4.69) is 6.58 Å². The number of carbonyl (C=O) groups excluding carboxylic acids is 2. The number of hydrogen-bond donors (Lipinski definition) is 1. The molecule has 0 saturated carbocycles. The number of hydrogen-bond acceptors (Lipinski definition) is 4. The van der Waals surface area contributed by atoms with E-state index in [-0.39, 0.29) is 18.9 Å². The topological polar surface area (TPSA) is 101 Å². The molecule has 0 unspecified atom stereocenters. The molecule has 2 amide bonds. The number of rotatable bonds is 6. The number of primary amides is 1. The quantitative estimate of drug-likeness (QED) is 0.695. The molecule has 1 rings (SSSR count). The van der Waals surface area contributed by atoms with Crippen LogP contribution in [-0.2, 0) is 19.6 Å². The van der Waals surface area contributed by atoms with E-state index in [4.69, 9.17) is 5.73 Å². The number of sulfonamides is 1. The van der Waals surface area contributed by atoms with Crippen molar-refractivity contribution in [3.8, 4) is 0 Å². The molecule has 1 saturated heterocycles. The van der Waals surface area contributed by atoms with Crippen molar-refractivity contribution in [2.75, 3.05) is 20.1 Å². The summed E-state index contributed by atoms with van der Waals surface area (Å²) >= 11 is 0. The van der Waals surface area contributed by atoms with Crippen LogP contribution in [0, 0.1) is 0 Å². The zero-order valence-corrected chi connectivity index (χ0v) is 11.7. The van der Waals surface area contributed by atoms with Gasteiger partial charge in [0.2, 0.25) is 21.8 Å². The van der Waals surface area contributed by atoms with Crippen LogP contribution in [0.4, 0.5) is 0 Å². The predicted octanol–water partition coefficient (Wildman–Crippen LogP) is -0.742. The Labute approximate surface area is 113 Å². The third kappa shape index (κ3) is 3.77. The average Bonchev–Trinajstić information content (AvgIpc) is 2.84. The van der Waals surface area contributed by atoms with Crippen molar-refractivity contribution in [1.29, 1.82) is 0 Å². The van der Waals surface area contributed by atoms with Crippen LogP contribution in [0.3, 0.4) is 0 Å². The molecule has 0 spiro atoms. The Morgan fingerprint density at radius 3 is 2.68 bits per heavy atom. The summed E-state index contributed by atoms with van der Waals surface area (Å²) in [5.74, 6) is -0.773. The van der Waals surface area contributed by atoms with Gasteiger partial charge in [-0.05, 0) is 12.8 Å². The van der Waals surface area contributed by atoms with Crippen LogP contribution in [0.1, 0.15) is 19.3 Å². The number of likely N-dealkylation sites (tertiary alicyclic amines) is 1. The highest BCUT2D eigenvalue weighted by Gasteiger charge is 2.32. The summed E-state index contributed by atoms with van der Waals surface area (Å²) in [5.41, 5.74) is 5.22. The van der Waals surface area contributed by atoms with Gasteiger partial charge in [-0.2, -0.15) is 0 Å². The number of carbonyl (C=O) groups is 2. The van der Waals surface area contributed by atoms with Crippen molar-refractivity contribution in [3.05, 3.63) is 12.0 Å². The first-order chi connectivity index (χ1) is 8.79. The Bertz CT molecular complexity index is 474. The Balaban J connectivity index is 2.57. The molecule has 108 valence electrons. The third-order valence-corrected chi connectivity index (χ3v) is 4.66. The van der Waals surface area contributed by atoms with Crippen molar-refractivity contribution in [2.24, 2.45) is 5.73 Å². The lowest BCUT2D eigenvalue weighted by Gasteiger charge is -2.23. The molecule has 2 N–H and O–H groups in total. The Kier molecular flexibility index (Phi) is 5.07. The van der Waals surface area contributed by atoms with Gasteiger partial charge >= 0.3 is 0 Å². The van der Waals surface area contributed by atoms with Crippen LogP contribution in [0.2, 0.25) is 0 Å². The van der Waals surface area contributed by atoms with Crippen molar-refractivity contribution in [3.63, 3.8) is 0 Å². The zero-order valence-electron chi connectivity index (χ0n) is 10.9. The van der Waals surface area contributed by atoms with Crippen LogP contribution < -0.4 is 5.73 Å². The molecule has 0 aromatic carbocycles. The minimum absolute atomic E-state index is 0.0212. The Hall–Kier alpha value is -1.41. The Morgan fingerprint density at radius 2 is 2.16 bits per heavy atom. The average molecular weight is 289 g/mol. The molecule has 1 atom stereocenters. The molecule has 0 aliphatic carbocycles. The summed E-state index contributed by atoms with van der Waals surface area (Å²) in [7, 11) is -2.14. The number of nitrogens with two attached hydrogens (primary N) is 1. The third-order valence-electron chi connectivity index (χ3n) is 3.19. The molecular weight excluding hydrogens is 270 g/mol. The molecule has 7 nitrogen and oxygen atoms in total. The maximum Gasteiger partial charge on any atom is 0.240 e. The van der Waals surface area contributed by atoms with Crippen LogP contribution in [-0.4, -0.2) is 55.6 Å². The smallest absolute Gasteiger partial charge is 0.240 e. The number of nitrogens with zero attached hydrogens (tertiary/aromatic N) is 2. The largest absolute Gasteiger partial charge is 0.368 e. The first-order valence-electron chi connectivity index (χ1n) is 5.97. The highest BCUT2D eigenvalue weighted by molar-refractivity contribution is 7.91. The van der Waals surface area contributed by atoms with E-state index in [1.54, 1.807) is 0 Å². The van der Waals surface area contributed by atoms with E-state index in [9.17, 15) is 18.0 Å². The van der Waals surface area contributed by atoms with Crippen LogP contribution in [0.15, 0.2) is 12.0 Å². The SMILES string of the molecule is C=CS(=O)(=O)N(C)CCC(=O)N1CCC[C@H]1C(N)=O. The Morgan fingerprint density at radius 1 is 1.53 bits per heavy atom. The molecule has 0 aromatic rings. The van der Waals surface area contributed by atoms with Gasteiger partial charge in [-0.25, -0.2) is 12.7 Å². The van der Waals surface area contributed by atoms with Crippen molar-refractivity contribution >= 4 is 21.8 Å². The molecule has 0 aromatic heterocycles. The summed E-state index contributed by atoms with van der Waals surface area (Å²) in [6.45, 7) is 3.75. The lowest BCUT2D eigenvalue weighted by atomic mass is 10.2. The van der Waals surface area contributed by atoms with E-state index >= 15 is 0 Å². The van der Waals surface area contributed by atoms with Gasteiger partial charge in [0.1, 0.15) is 6.04 Å². The van der Waals surface area contributed by atoms with Gasteiger partial charge in [0.25, 0.3) is 0 Å². The molecule has 19 heavy (non-hydrogen) atoms. The second-order valence-electron chi connectivity index (χ2n) is 4.43. The standard InChI is InChI=1S/C11H19N3O4S/c1-3-19(17,18)13(2)8-6-10(15)14-7-4-5-9(14)11(12)16/h3,9H,1,4-8H2,2H3,(H2,12,16)/t9-/m0/s1. The maximum atomic E-state index is 12.0. The fourth-order valence-corrected chi connectivity index (χ4v) is 2.61. The van der Waals surface area contributed by atoms with E-state index in [1.165, 1.54) is 11.9 Å². The minimum atomic E-state index is -3.51. The van der Waals surface area contributed by atoms with E-state index in [0.717, 1.165) is 16.1 Å². The second-order valence-corrected chi connectivity index (χ2v) is 6.42. The summed E-state index contributed by atoms with van der Waals surface area (Å²) in [6.07, 6.45) is 1.33. The highest BCUT2D eigenvalue weighted by atomic mass is 32.2. The van der Waals surface area contributed by atoms with Gasteiger partial charge in [0.15, 0.2) is 0 Å². The van der Waals surface area contributed by atoms with Gasteiger partial charge < -0.3 is 10.6 Å². The maximum absolute atomic E-state index is 12.0. The van der Waals surface area contributed by atoms with Crippen molar-refractivity contribution in [1.82, 2.24) is 9.21 Å². The molecule has 0 radical (unpaired) electrons. The summed E-state index contributed by atoms with van der Waals surface area (Å²) < 4.78 is 23.9. The summed E-state index contributed by atoms with van der Waals surface area (Å²) in [5, 5.41) is 0.833. The zero-order chi connectivity index (χ0) is 14.6. The molecule has 1 fully saturated rings. The normalized spacial score (nSPS) is 19.7. The molecule has 1 aliphatic rings. The molecule has 1 heterocycles. The van der Waals surface area contributed by atoms with E-state index < -0.39 is 22.0 Å². The van der Waals surface area contributed by atoms with E-state index in [0.29, 0.717) is 13.0 Å². The molecule has 1 aliphatic heterocycles. The highest BCUT2D eigenvalue weighted by Crippen LogP contribution is 2.18. The van der Waals surface area contributed by atoms with Gasteiger partial charge in [0, 0.05) is 32.0 Å². The summed E-state index contributed by atoms with van der Waals surface area (Å²) in [4.78, 5) is 24.5. The minimum Gasteiger partial charge on any atom is -0.368 e. The lowest BCUT2D eigenvalue weighted by Crippen LogP contribution is -2.44. The monoisotopic (exact) mass is 289 g/mol. The molecule has 8 heteroatoms. The lowest BCUT2D eigenvalue weighted by molar-refractivity contribution is -0.137. The fourth-order valence-electron chi connectivity index (χ4n) is 2.01. The van der Waals surface area contributed by atoms with Crippen molar-refractivity contribution < 1.29 is 18.0 Å². The van der Waals surface area contributed by atoms with Crippen molar-refractivity contribution in [2.45, 2.75) is 25.3 Å². The second kappa shape index (κ2) is 6.16. The van der Waals surface area contributed by atoms with Gasteiger partial charge in [-0.3, -0.25) is 9.59 Å². The van der Waals surface area contributed by atoms with Gasteiger partial charge in [-0.15, -0.1) is 0 Å². The van der Waals surface area contributed by atoms with Crippen LogP contribution >= 0.6 is 0 Å². The van der Waals surface area contributed by atoms with E-state index in [1.807, 2.05) is 0 Å².